The minimum atomic E-state index is -0.419. The molecule has 0 bridgehead atoms. The normalized spacial score (nSPS) is 15.6. The number of rotatable bonds is 4. The lowest BCUT2D eigenvalue weighted by atomic mass is 9.95. The van der Waals surface area contributed by atoms with Crippen LogP contribution in [0.25, 0.3) is 0 Å². The van der Waals surface area contributed by atoms with Crippen molar-refractivity contribution < 1.29 is 9.53 Å². The first-order valence-electron chi connectivity index (χ1n) is 8.65. The van der Waals surface area contributed by atoms with Crippen LogP contribution in [0, 0.1) is 0 Å². The summed E-state index contributed by atoms with van der Waals surface area (Å²) in [6.45, 7) is 1.85. The number of carbonyl (C=O) groups excluding carboxylic acids is 1. The number of anilines is 2. The van der Waals surface area contributed by atoms with E-state index < -0.39 is 6.04 Å². The number of hydrogen-bond donors (Lipinski definition) is 2. The second-order valence-corrected chi connectivity index (χ2v) is 6.77. The van der Waals surface area contributed by atoms with Gasteiger partial charge in [0.1, 0.15) is 18.1 Å². The predicted molar refractivity (Wildman–Crippen MR) is 108 cm³/mol. The van der Waals surface area contributed by atoms with Crippen LogP contribution in [0.3, 0.4) is 0 Å². The highest BCUT2D eigenvalue weighted by atomic mass is 35.5. The number of amides is 1. The van der Waals surface area contributed by atoms with Crippen LogP contribution < -0.4 is 15.4 Å². The summed E-state index contributed by atoms with van der Waals surface area (Å²) in [5.74, 6) is 1.10. The minimum absolute atomic E-state index is 0.228. The molecule has 8 heteroatoms. The smallest absolute Gasteiger partial charge is 0.255 e. The molecule has 142 valence electrons. The van der Waals surface area contributed by atoms with Crippen molar-refractivity contribution in [3.8, 4) is 5.75 Å². The molecular weight excluding hydrogens is 378 g/mol. The number of halogens is 1. The van der Waals surface area contributed by atoms with Gasteiger partial charge >= 0.3 is 0 Å². The Hall–Kier alpha value is -3.32. The summed E-state index contributed by atoms with van der Waals surface area (Å²) >= 11 is 5.93. The highest BCUT2D eigenvalue weighted by Gasteiger charge is 2.33. The van der Waals surface area contributed by atoms with Crippen LogP contribution in [0.1, 0.15) is 18.5 Å². The summed E-state index contributed by atoms with van der Waals surface area (Å²) in [5.41, 5.74) is 2.83. The van der Waals surface area contributed by atoms with E-state index in [1.54, 1.807) is 36.1 Å². The summed E-state index contributed by atoms with van der Waals surface area (Å²) in [5, 5.41) is 11.0. The third-order valence-electron chi connectivity index (χ3n) is 4.57. The number of fused-ring (bicyclic) bond motifs is 1. The molecule has 0 radical (unpaired) electrons. The van der Waals surface area contributed by atoms with Crippen molar-refractivity contribution in [2.24, 2.45) is 0 Å². The van der Waals surface area contributed by atoms with E-state index in [1.807, 2.05) is 31.2 Å². The number of ether oxygens (including phenoxy) is 1. The molecule has 2 N–H and O–H groups in total. The second-order valence-electron chi connectivity index (χ2n) is 6.33. The Balaban J connectivity index is 1.73. The lowest BCUT2D eigenvalue weighted by molar-refractivity contribution is -0.113. The van der Waals surface area contributed by atoms with E-state index in [2.05, 4.69) is 20.7 Å². The molecule has 1 aliphatic heterocycles. The molecule has 2 heterocycles. The molecule has 0 aliphatic carbocycles. The van der Waals surface area contributed by atoms with E-state index in [4.69, 9.17) is 16.3 Å². The third kappa shape index (κ3) is 3.32. The Labute approximate surface area is 167 Å². The first kappa shape index (κ1) is 18.1. The van der Waals surface area contributed by atoms with Crippen LogP contribution in [0.15, 0.2) is 66.1 Å². The molecular formula is C20H18ClN5O2. The van der Waals surface area contributed by atoms with E-state index in [1.165, 1.54) is 6.33 Å². The van der Waals surface area contributed by atoms with E-state index in [-0.39, 0.29) is 5.91 Å². The number of aromatic nitrogens is 3. The predicted octanol–water partition coefficient (Wildman–Crippen LogP) is 3.87. The molecule has 0 saturated heterocycles. The van der Waals surface area contributed by atoms with Crippen LogP contribution in [0.4, 0.5) is 11.6 Å². The monoisotopic (exact) mass is 395 g/mol. The van der Waals surface area contributed by atoms with Gasteiger partial charge < -0.3 is 15.4 Å². The number of nitrogens with one attached hydrogen (secondary N) is 2. The van der Waals surface area contributed by atoms with Gasteiger partial charge in [0.15, 0.2) is 0 Å². The molecule has 3 aromatic rings. The van der Waals surface area contributed by atoms with Gasteiger partial charge in [0.05, 0.1) is 12.7 Å². The number of benzene rings is 2. The summed E-state index contributed by atoms with van der Waals surface area (Å²) < 4.78 is 6.95. The van der Waals surface area contributed by atoms with Gasteiger partial charge in [-0.25, -0.2) is 4.68 Å². The Kier molecular flexibility index (Phi) is 4.75. The number of carbonyl (C=O) groups is 1. The van der Waals surface area contributed by atoms with Crippen LogP contribution in [0.5, 0.6) is 5.75 Å². The zero-order chi connectivity index (χ0) is 19.7. The fourth-order valence-corrected chi connectivity index (χ4v) is 3.34. The highest BCUT2D eigenvalue weighted by molar-refractivity contribution is 6.30. The lowest BCUT2D eigenvalue weighted by Crippen LogP contribution is -2.31. The van der Waals surface area contributed by atoms with Gasteiger partial charge in [-0.05, 0) is 48.9 Å². The standard InChI is InChI=1S/C20H18ClN5O2/c1-12-17(19(27)25-15-7-5-14(21)6-8-15)18(26-20(24-12)22-11-23-26)13-3-9-16(28-2)10-4-13/h3-11,18H,1-2H3,(H,25,27)(H,22,23,24)/t18-/m1/s1. The quantitative estimate of drug-likeness (QED) is 0.700. The van der Waals surface area contributed by atoms with Gasteiger partial charge in [0, 0.05) is 16.4 Å². The Morgan fingerprint density at radius 1 is 1.18 bits per heavy atom. The maximum Gasteiger partial charge on any atom is 0.255 e. The van der Waals surface area contributed by atoms with Crippen molar-refractivity contribution in [1.82, 2.24) is 14.8 Å². The Morgan fingerprint density at radius 3 is 2.57 bits per heavy atom. The minimum Gasteiger partial charge on any atom is -0.497 e. The molecule has 1 amide bonds. The van der Waals surface area contributed by atoms with Gasteiger partial charge in [0.2, 0.25) is 5.95 Å². The van der Waals surface area contributed by atoms with Crippen molar-refractivity contribution in [3.63, 3.8) is 0 Å². The molecule has 2 aromatic carbocycles. The van der Waals surface area contributed by atoms with Gasteiger partial charge in [0.25, 0.3) is 5.91 Å². The molecule has 28 heavy (non-hydrogen) atoms. The van der Waals surface area contributed by atoms with Crippen molar-refractivity contribution in [2.45, 2.75) is 13.0 Å². The average molecular weight is 396 g/mol. The molecule has 0 unspecified atom stereocenters. The lowest BCUT2D eigenvalue weighted by Gasteiger charge is -2.28. The van der Waals surface area contributed by atoms with E-state index in [0.717, 1.165) is 11.3 Å². The molecule has 1 aromatic heterocycles. The number of nitrogens with zero attached hydrogens (tertiary/aromatic N) is 3. The van der Waals surface area contributed by atoms with E-state index >= 15 is 0 Å². The average Bonchev–Trinajstić information content (AvgIpc) is 3.16. The molecule has 0 fully saturated rings. The van der Waals surface area contributed by atoms with Gasteiger partial charge in [-0.15, -0.1) is 0 Å². The summed E-state index contributed by atoms with van der Waals surface area (Å²) in [6.07, 6.45) is 1.46. The topological polar surface area (TPSA) is 81.1 Å². The fourth-order valence-electron chi connectivity index (χ4n) is 3.21. The largest absolute Gasteiger partial charge is 0.497 e. The van der Waals surface area contributed by atoms with Crippen LogP contribution in [0.2, 0.25) is 5.02 Å². The van der Waals surface area contributed by atoms with Gasteiger partial charge in [-0.3, -0.25) is 4.79 Å². The van der Waals surface area contributed by atoms with Crippen LogP contribution in [-0.2, 0) is 4.79 Å². The maximum absolute atomic E-state index is 13.2. The third-order valence-corrected chi connectivity index (χ3v) is 4.82. The van der Waals surface area contributed by atoms with Crippen molar-refractivity contribution in [2.75, 3.05) is 17.7 Å². The molecule has 1 atom stereocenters. The van der Waals surface area contributed by atoms with Crippen LogP contribution in [-0.4, -0.2) is 27.8 Å². The fraction of sp³-hybridized carbons (Fsp3) is 0.150. The van der Waals surface area contributed by atoms with Crippen LogP contribution >= 0.6 is 11.6 Å². The van der Waals surface area contributed by atoms with Crippen molar-refractivity contribution in [3.05, 3.63) is 76.7 Å². The Bertz CT molecular complexity index is 1040. The second kappa shape index (κ2) is 7.36. The first-order chi connectivity index (χ1) is 13.6. The number of hydrogen-bond acceptors (Lipinski definition) is 5. The highest BCUT2D eigenvalue weighted by Crippen LogP contribution is 2.35. The van der Waals surface area contributed by atoms with E-state index in [0.29, 0.717) is 27.9 Å². The van der Waals surface area contributed by atoms with Crippen molar-refractivity contribution >= 4 is 29.1 Å². The first-order valence-corrected chi connectivity index (χ1v) is 9.03. The Morgan fingerprint density at radius 2 is 1.89 bits per heavy atom. The van der Waals surface area contributed by atoms with Crippen molar-refractivity contribution in [1.29, 1.82) is 0 Å². The summed E-state index contributed by atoms with van der Waals surface area (Å²) in [6, 6.07) is 14.1. The SMILES string of the molecule is COc1ccc([C@@H]2C(C(=O)Nc3ccc(Cl)cc3)=C(C)Nc3ncnn32)cc1. The van der Waals surface area contributed by atoms with Gasteiger partial charge in [-0.2, -0.15) is 10.1 Å². The zero-order valence-corrected chi connectivity index (χ0v) is 16.1. The molecule has 0 saturated carbocycles. The zero-order valence-electron chi connectivity index (χ0n) is 15.3. The molecule has 0 spiro atoms. The summed E-state index contributed by atoms with van der Waals surface area (Å²) in [7, 11) is 1.62. The molecule has 1 aliphatic rings. The maximum atomic E-state index is 13.2. The van der Waals surface area contributed by atoms with E-state index in [9.17, 15) is 4.79 Å². The summed E-state index contributed by atoms with van der Waals surface area (Å²) in [4.78, 5) is 17.4. The number of allylic oxidation sites excluding steroid dienone is 1. The number of methoxy groups -OCH3 is 1. The molecule has 7 nitrogen and oxygen atoms in total. The molecule has 4 rings (SSSR count). The van der Waals surface area contributed by atoms with Gasteiger partial charge in [-0.1, -0.05) is 23.7 Å².